The van der Waals surface area contributed by atoms with Crippen LogP contribution in [-0.2, 0) is 14.3 Å². The van der Waals surface area contributed by atoms with Crippen molar-refractivity contribution in [2.24, 2.45) is 11.3 Å². The summed E-state index contributed by atoms with van der Waals surface area (Å²) in [6.45, 7) is 8.64. The van der Waals surface area contributed by atoms with Crippen LogP contribution in [0.25, 0.3) is 0 Å². The van der Waals surface area contributed by atoms with Gasteiger partial charge in [-0.3, -0.25) is 9.59 Å². The van der Waals surface area contributed by atoms with E-state index >= 15 is 0 Å². The number of amides is 2. The molecule has 0 aromatic heterocycles. The fraction of sp³-hybridized carbons (Fsp3) is 0.867. The fourth-order valence-corrected chi connectivity index (χ4v) is 2.50. The van der Waals surface area contributed by atoms with Crippen molar-refractivity contribution in [3.8, 4) is 0 Å². The van der Waals surface area contributed by atoms with Crippen molar-refractivity contribution in [1.82, 2.24) is 16.0 Å². The Kier molecular flexibility index (Phi) is 7.11. The van der Waals surface area contributed by atoms with E-state index in [1.54, 1.807) is 0 Å². The topological polar surface area (TPSA) is 79.5 Å². The molecule has 1 heterocycles. The Balaban J connectivity index is 2.50. The van der Waals surface area contributed by atoms with Crippen LogP contribution in [0.1, 0.15) is 33.6 Å². The zero-order valence-corrected chi connectivity index (χ0v) is 13.6. The Hall–Kier alpha value is -1.14. The molecule has 122 valence electrons. The second-order valence-corrected chi connectivity index (χ2v) is 6.50. The molecule has 0 saturated carbocycles. The lowest BCUT2D eigenvalue weighted by Gasteiger charge is -2.35. The van der Waals surface area contributed by atoms with Gasteiger partial charge in [-0.05, 0) is 37.3 Å². The molecule has 6 nitrogen and oxygen atoms in total. The summed E-state index contributed by atoms with van der Waals surface area (Å²) >= 11 is 0. The number of ether oxygens (including phenoxy) is 1. The fourth-order valence-electron chi connectivity index (χ4n) is 2.50. The molecule has 1 fully saturated rings. The molecule has 1 aliphatic rings. The zero-order valence-electron chi connectivity index (χ0n) is 13.6. The first kappa shape index (κ1) is 17.9. The third kappa shape index (κ3) is 6.01. The molecule has 21 heavy (non-hydrogen) atoms. The second-order valence-electron chi connectivity index (χ2n) is 6.50. The van der Waals surface area contributed by atoms with E-state index in [1.165, 1.54) is 7.11 Å². The van der Waals surface area contributed by atoms with Crippen LogP contribution in [0.3, 0.4) is 0 Å². The molecule has 1 atom stereocenters. The minimum atomic E-state index is -0.516. The van der Waals surface area contributed by atoms with Crippen molar-refractivity contribution >= 4 is 11.8 Å². The van der Waals surface area contributed by atoms with Crippen LogP contribution in [0.2, 0.25) is 0 Å². The molecular formula is C15H29N3O3. The van der Waals surface area contributed by atoms with Crippen molar-refractivity contribution in [2.45, 2.75) is 39.7 Å². The maximum Gasteiger partial charge on any atom is 0.246 e. The highest BCUT2D eigenvalue weighted by molar-refractivity contribution is 5.88. The predicted molar refractivity (Wildman–Crippen MR) is 81.9 cm³/mol. The Morgan fingerprint density at radius 1 is 1.29 bits per heavy atom. The highest BCUT2D eigenvalue weighted by Crippen LogP contribution is 2.26. The predicted octanol–water partition coefficient (Wildman–Crippen LogP) is 0.280. The lowest BCUT2D eigenvalue weighted by Crippen LogP contribution is -2.53. The molecule has 0 aliphatic carbocycles. The van der Waals surface area contributed by atoms with Gasteiger partial charge < -0.3 is 20.7 Å². The first-order chi connectivity index (χ1) is 9.88. The molecule has 0 spiro atoms. The van der Waals surface area contributed by atoms with Gasteiger partial charge in [-0.25, -0.2) is 0 Å². The molecule has 1 rings (SSSR count). The molecule has 6 heteroatoms. The van der Waals surface area contributed by atoms with Crippen LogP contribution in [0, 0.1) is 11.3 Å². The number of rotatable bonds is 7. The van der Waals surface area contributed by atoms with E-state index in [4.69, 9.17) is 4.74 Å². The number of carbonyl (C=O) groups is 2. The highest BCUT2D eigenvalue weighted by atomic mass is 16.5. The maximum atomic E-state index is 12.3. The third-order valence-electron chi connectivity index (χ3n) is 4.04. The molecule has 2 amide bonds. The van der Waals surface area contributed by atoms with Crippen molar-refractivity contribution in [3.05, 3.63) is 0 Å². The number of nitrogens with one attached hydrogen (secondary N) is 3. The standard InChI is InChI=1S/C15H29N3O3/c1-11(2)13(18-12(19)9-21-4)14(20)17-10-15(3)5-7-16-8-6-15/h11,13,16H,5-10H2,1-4H3,(H,17,20)(H,18,19)/t13-/m0/s1. The quantitative estimate of drug-likeness (QED) is 0.631. The first-order valence-electron chi connectivity index (χ1n) is 7.65. The van der Waals surface area contributed by atoms with E-state index in [2.05, 4.69) is 22.9 Å². The van der Waals surface area contributed by atoms with E-state index in [-0.39, 0.29) is 29.8 Å². The number of hydrogen-bond acceptors (Lipinski definition) is 4. The molecule has 3 N–H and O–H groups in total. The lowest BCUT2D eigenvalue weighted by molar-refractivity contribution is -0.132. The summed E-state index contributed by atoms with van der Waals surface area (Å²) < 4.78 is 4.78. The Morgan fingerprint density at radius 2 is 1.90 bits per heavy atom. The third-order valence-corrected chi connectivity index (χ3v) is 4.04. The molecule has 0 unspecified atom stereocenters. The summed E-state index contributed by atoms with van der Waals surface area (Å²) in [5, 5.41) is 9.05. The highest BCUT2D eigenvalue weighted by Gasteiger charge is 2.29. The summed E-state index contributed by atoms with van der Waals surface area (Å²) in [6, 6.07) is -0.516. The largest absolute Gasteiger partial charge is 0.375 e. The minimum absolute atomic E-state index is 0.0279. The van der Waals surface area contributed by atoms with E-state index in [1.807, 2.05) is 13.8 Å². The zero-order chi connectivity index (χ0) is 15.9. The van der Waals surface area contributed by atoms with Crippen molar-refractivity contribution in [3.63, 3.8) is 0 Å². The van der Waals surface area contributed by atoms with Crippen molar-refractivity contribution in [1.29, 1.82) is 0 Å². The van der Waals surface area contributed by atoms with Gasteiger partial charge in [-0.1, -0.05) is 20.8 Å². The van der Waals surface area contributed by atoms with Gasteiger partial charge in [-0.15, -0.1) is 0 Å². The number of methoxy groups -OCH3 is 1. The van der Waals surface area contributed by atoms with Crippen molar-refractivity contribution < 1.29 is 14.3 Å². The van der Waals surface area contributed by atoms with Crippen molar-refractivity contribution in [2.75, 3.05) is 33.4 Å². The van der Waals surface area contributed by atoms with Gasteiger partial charge in [0.15, 0.2) is 0 Å². The van der Waals surface area contributed by atoms with Gasteiger partial charge in [0.2, 0.25) is 11.8 Å². The molecule has 0 radical (unpaired) electrons. The summed E-state index contributed by atoms with van der Waals surface area (Å²) in [4.78, 5) is 23.9. The van der Waals surface area contributed by atoms with Crippen LogP contribution in [0.5, 0.6) is 0 Å². The van der Waals surface area contributed by atoms with Gasteiger partial charge in [0.25, 0.3) is 0 Å². The average Bonchev–Trinajstić information content (AvgIpc) is 2.43. The minimum Gasteiger partial charge on any atom is -0.375 e. The smallest absolute Gasteiger partial charge is 0.246 e. The normalized spacial score (nSPS) is 19.1. The Morgan fingerprint density at radius 3 is 2.43 bits per heavy atom. The summed E-state index contributed by atoms with van der Waals surface area (Å²) in [5.74, 6) is -0.347. The molecular weight excluding hydrogens is 270 g/mol. The second kappa shape index (κ2) is 8.34. The molecule has 0 aromatic carbocycles. The summed E-state index contributed by atoms with van der Waals surface area (Å²) in [5.41, 5.74) is 0.138. The molecule has 0 bridgehead atoms. The van der Waals surface area contributed by atoms with Crippen LogP contribution >= 0.6 is 0 Å². The lowest BCUT2D eigenvalue weighted by atomic mass is 9.81. The first-order valence-corrected chi connectivity index (χ1v) is 7.65. The van der Waals surface area contributed by atoms with Crippen LogP contribution in [0.4, 0.5) is 0 Å². The van der Waals surface area contributed by atoms with E-state index in [0.717, 1.165) is 25.9 Å². The molecule has 1 saturated heterocycles. The van der Waals surface area contributed by atoms with Crippen LogP contribution in [-0.4, -0.2) is 51.2 Å². The monoisotopic (exact) mass is 299 g/mol. The van der Waals surface area contributed by atoms with Gasteiger partial charge in [0, 0.05) is 13.7 Å². The molecule has 1 aliphatic heterocycles. The number of carbonyl (C=O) groups excluding carboxylic acids is 2. The SMILES string of the molecule is COCC(=O)N[C@H](C(=O)NCC1(C)CCNCC1)C(C)C. The van der Waals surface area contributed by atoms with E-state index < -0.39 is 6.04 Å². The average molecular weight is 299 g/mol. The van der Waals surface area contributed by atoms with E-state index in [9.17, 15) is 9.59 Å². The van der Waals surface area contributed by atoms with E-state index in [0.29, 0.717) is 6.54 Å². The van der Waals surface area contributed by atoms with Gasteiger partial charge >= 0.3 is 0 Å². The maximum absolute atomic E-state index is 12.3. The van der Waals surface area contributed by atoms with Gasteiger partial charge in [0.1, 0.15) is 12.6 Å². The Labute approximate surface area is 127 Å². The number of hydrogen-bond donors (Lipinski definition) is 3. The van der Waals surface area contributed by atoms with Crippen LogP contribution < -0.4 is 16.0 Å². The van der Waals surface area contributed by atoms with Crippen LogP contribution in [0.15, 0.2) is 0 Å². The number of piperidine rings is 1. The van der Waals surface area contributed by atoms with Gasteiger partial charge in [0.05, 0.1) is 0 Å². The van der Waals surface area contributed by atoms with Gasteiger partial charge in [-0.2, -0.15) is 0 Å². The summed E-state index contributed by atoms with van der Waals surface area (Å²) in [6.07, 6.45) is 2.10. The summed E-state index contributed by atoms with van der Waals surface area (Å²) in [7, 11) is 1.46. The molecule has 0 aromatic rings. The Bertz CT molecular complexity index is 352.